The van der Waals surface area contributed by atoms with Gasteiger partial charge in [0.2, 0.25) is 5.91 Å². The normalized spacial score (nSPS) is 16.5. The van der Waals surface area contributed by atoms with Crippen molar-refractivity contribution in [3.8, 4) is 0 Å². The lowest BCUT2D eigenvalue weighted by Crippen LogP contribution is -2.47. The molecule has 1 amide bonds. The Morgan fingerprint density at radius 2 is 2.20 bits per heavy atom. The van der Waals surface area contributed by atoms with E-state index in [2.05, 4.69) is 32.3 Å². The molecule has 140 valence electrons. The second-order valence-corrected chi connectivity index (χ2v) is 6.40. The van der Waals surface area contributed by atoms with Gasteiger partial charge in [-0.3, -0.25) is 4.79 Å². The average Bonchev–Trinajstić information content (AvgIpc) is 2.88. The summed E-state index contributed by atoms with van der Waals surface area (Å²) in [5.41, 5.74) is 1.00. The first-order valence-corrected chi connectivity index (χ1v) is 8.15. The lowest BCUT2D eigenvalue weighted by molar-refractivity contribution is -0.127. The van der Waals surface area contributed by atoms with E-state index < -0.39 is 0 Å². The maximum Gasteiger partial charge on any atom is 0.243 e. The number of rotatable bonds is 5. The van der Waals surface area contributed by atoms with Crippen LogP contribution in [0.15, 0.2) is 17.1 Å². The number of aromatic nitrogens is 3. The van der Waals surface area contributed by atoms with Gasteiger partial charge in [0.15, 0.2) is 5.96 Å². The molecule has 1 aliphatic heterocycles. The second-order valence-electron chi connectivity index (χ2n) is 6.40. The summed E-state index contributed by atoms with van der Waals surface area (Å²) in [6.07, 6.45) is 1.83. The number of nitrogens with zero attached hydrogens (tertiary/aromatic N) is 5. The zero-order chi connectivity index (χ0) is 17.7. The zero-order valence-electron chi connectivity index (χ0n) is 15.4. The van der Waals surface area contributed by atoms with Crippen molar-refractivity contribution in [3.63, 3.8) is 0 Å². The molecular weight excluding hydrogens is 433 g/mol. The predicted octanol–water partition coefficient (Wildman–Crippen LogP) is 0.719. The molecule has 25 heavy (non-hydrogen) atoms. The summed E-state index contributed by atoms with van der Waals surface area (Å²) < 4.78 is 1.94. The monoisotopic (exact) mass is 461 g/mol. The van der Waals surface area contributed by atoms with Crippen LogP contribution in [0.2, 0.25) is 0 Å². The number of hydrogen-bond acceptors (Lipinski definition) is 4. The molecule has 2 heterocycles. The van der Waals surface area contributed by atoms with Gasteiger partial charge >= 0.3 is 0 Å². The summed E-state index contributed by atoms with van der Waals surface area (Å²) in [5, 5.41) is 11.0. The molecule has 0 saturated heterocycles. The topological polar surface area (TPSA) is 87.4 Å². The van der Waals surface area contributed by atoms with E-state index in [0.717, 1.165) is 36.6 Å². The molecule has 1 unspecified atom stereocenters. The quantitative estimate of drug-likeness (QED) is 0.292. The van der Waals surface area contributed by atoms with E-state index in [0.29, 0.717) is 12.5 Å². The van der Waals surface area contributed by atoms with Crippen LogP contribution in [0.25, 0.3) is 0 Å². The molecule has 0 spiro atoms. The molecule has 0 aliphatic carbocycles. The molecule has 0 fully saturated rings. The summed E-state index contributed by atoms with van der Waals surface area (Å²) in [4.78, 5) is 22.1. The summed E-state index contributed by atoms with van der Waals surface area (Å²) in [6, 6.07) is 0.199. The van der Waals surface area contributed by atoms with Crippen LogP contribution in [0.3, 0.4) is 0 Å². The van der Waals surface area contributed by atoms with Crippen LogP contribution >= 0.6 is 24.0 Å². The molecule has 2 N–H and O–H groups in total. The highest BCUT2D eigenvalue weighted by molar-refractivity contribution is 14.0. The van der Waals surface area contributed by atoms with Crippen molar-refractivity contribution >= 4 is 35.8 Å². The molecule has 1 aromatic rings. The Kier molecular flexibility index (Phi) is 8.33. The fourth-order valence-corrected chi connectivity index (χ4v) is 2.42. The minimum absolute atomic E-state index is 0. The number of halogens is 1. The largest absolute Gasteiger partial charge is 0.353 e. The molecule has 0 radical (unpaired) electrons. The van der Waals surface area contributed by atoms with Crippen molar-refractivity contribution in [1.82, 2.24) is 30.3 Å². The van der Waals surface area contributed by atoms with Crippen molar-refractivity contribution in [2.75, 3.05) is 27.2 Å². The number of aliphatic imine (C=N–C) groups is 1. The number of aryl methyl sites for hydroxylation is 2. The van der Waals surface area contributed by atoms with Crippen LogP contribution in [0.4, 0.5) is 0 Å². The van der Waals surface area contributed by atoms with Gasteiger partial charge in [0.05, 0.1) is 6.54 Å². The Morgan fingerprint density at radius 3 is 2.84 bits per heavy atom. The van der Waals surface area contributed by atoms with E-state index >= 15 is 0 Å². The summed E-state index contributed by atoms with van der Waals surface area (Å²) in [7, 11) is 3.45. The van der Waals surface area contributed by atoms with Gasteiger partial charge in [-0.25, -0.2) is 14.7 Å². The third kappa shape index (κ3) is 6.63. The Balaban J connectivity index is 0.00000312. The third-order valence-corrected chi connectivity index (χ3v) is 3.73. The molecule has 1 aromatic heterocycles. The number of hydrogen-bond donors (Lipinski definition) is 2. The lowest BCUT2D eigenvalue weighted by Gasteiger charge is -2.25. The van der Waals surface area contributed by atoms with Crippen molar-refractivity contribution < 1.29 is 4.79 Å². The molecule has 2 rings (SSSR count). The summed E-state index contributed by atoms with van der Waals surface area (Å²) in [6.45, 7) is 9.20. The van der Waals surface area contributed by atoms with E-state index in [1.165, 1.54) is 4.90 Å². The van der Waals surface area contributed by atoms with Gasteiger partial charge in [0.1, 0.15) is 18.2 Å². The van der Waals surface area contributed by atoms with Crippen LogP contribution in [-0.2, 0) is 17.8 Å². The van der Waals surface area contributed by atoms with Gasteiger partial charge in [0.25, 0.3) is 0 Å². The van der Waals surface area contributed by atoms with E-state index in [1.807, 2.05) is 18.5 Å². The van der Waals surface area contributed by atoms with Gasteiger partial charge in [0, 0.05) is 33.1 Å². The summed E-state index contributed by atoms with van der Waals surface area (Å²) >= 11 is 0. The Hall–Kier alpha value is -1.65. The van der Waals surface area contributed by atoms with Crippen molar-refractivity contribution in [1.29, 1.82) is 0 Å². The van der Waals surface area contributed by atoms with E-state index in [1.54, 1.807) is 14.1 Å². The minimum atomic E-state index is -0.0377. The van der Waals surface area contributed by atoms with Gasteiger partial charge < -0.3 is 15.5 Å². The molecule has 1 aliphatic rings. The number of nitrogens with one attached hydrogen (secondary N) is 2. The fourth-order valence-electron chi connectivity index (χ4n) is 2.42. The van der Waals surface area contributed by atoms with Gasteiger partial charge in [-0.05, 0) is 20.3 Å². The highest BCUT2D eigenvalue weighted by Crippen LogP contribution is 2.12. The van der Waals surface area contributed by atoms with Gasteiger partial charge in [-0.15, -0.1) is 24.0 Å². The third-order valence-electron chi connectivity index (χ3n) is 3.73. The maximum atomic E-state index is 11.8. The molecule has 1 atom stereocenters. The highest BCUT2D eigenvalue weighted by atomic mass is 127. The molecule has 0 bridgehead atoms. The molecule has 8 nitrogen and oxygen atoms in total. The Bertz CT molecular complexity index is 638. The number of amides is 1. The minimum Gasteiger partial charge on any atom is -0.353 e. The van der Waals surface area contributed by atoms with Crippen molar-refractivity contribution in [2.24, 2.45) is 4.99 Å². The number of carbonyl (C=O) groups is 1. The SMILES string of the molecule is C=C(C)CNC(=NCC(=O)N(C)C)NC1CCc2nc(C)nn2C1.I. The number of carbonyl (C=O) groups excluding carboxylic acids is 1. The fraction of sp³-hybridized carbons (Fsp3) is 0.625. The zero-order valence-corrected chi connectivity index (χ0v) is 17.7. The Labute approximate surface area is 166 Å². The van der Waals surface area contributed by atoms with Crippen LogP contribution in [0.1, 0.15) is 25.0 Å². The van der Waals surface area contributed by atoms with Crippen molar-refractivity contribution in [3.05, 3.63) is 23.8 Å². The first kappa shape index (κ1) is 21.4. The smallest absolute Gasteiger partial charge is 0.243 e. The van der Waals surface area contributed by atoms with Crippen LogP contribution in [-0.4, -0.2) is 64.8 Å². The van der Waals surface area contributed by atoms with Gasteiger partial charge in [-0.1, -0.05) is 12.2 Å². The van der Waals surface area contributed by atoms with Crippen LogP contribution in [0, 0.1) is 6.92 Å². The lowest BCUT2D eigenvalue weighted by atomic mass is 10.1. The van der Waals surface area contributed by atoms with Crippen LogP contribution < -0.4 is 10.6 Å². The standard InChI is InChI=1S/C16H27N7O.HI/c1-11(2)8-17-16(18-9-15(24)22(4)5)20-13-6-7-14-19-12(3)21-23(14)10-13;/h13H,1,6-10H2,2-5H3,(H2,17,18,20);1H. The average molecular weight is 461 g/mol. The number of likely N-dealkylation sites (N-methyl/N-ethyl adjacent to an activating group) is 1. The highest BCUT2D eigenvalue weighted by Gasteiger charge is 2.21. The van der Waals surface area contributed by atoms with E-state index in [4.69, 9.17) is 0 Å². The molecule has 9 heteroatoms. The molecular formula is C16H28IN7O. The number of guanidine groups is 1. The van der Waals surface area contributed by atoms with E-state index in [9.17, 15) is 4.79 Å². The molecule has 0 aromatic carbocycles. The Morgan fingerprint density at radius 1 is 1.48 bits per heavy atom. The molecule has 0 saturated carbocycles. The number of fused-ring (bicyclic) bond motifs is 1. The van der Waals surface area contributed by atoms with E-state index in [-0.39, 0.29) is 42.5 Å². The second kappa shape index (κ2) is 9.73. The summed E-state index contributed by atoms with van der Waals surface area (Å²) in [5.74, 6) is 2.42. The first-order chi connectivity index (χ1) is 11.3. The van der Waals surface area contributed by atoms with Crippen LogP contribution in [0.5, 0.6) is 0 Å². The predicted molar refractivity (Wildman–Crippen MR) is 109 cm³/mol. The van der Waals surface area contributed by atoms with Crippen molar-refractivity contribution in [2.45, 2.75) is 39.3 Å². The van der Waals surface area contributed by atoms with Gasteiger partial charge in [-0.2, -0.15) is 5.10 Å². The first-order valence-electron chi connectivity index (χ1n) is 8.15. The maximum absolute atomic E-state index is 11.8.